The van der Waals surface area contributed by atoms with E-state index in [2.05, 4.69) is 0 Å². The van der Waals surface area contributed by atoms with Crippen LogP contribution in [0.15, 0.2) is 18.2 Å². The number of nitrogens with zero attached hydrogens (tertiary/aromatic N) is 1. The van der Waals surface area contributed by atoms with Crippen LogP contribution in [0.1, 0.15) is 38.3 Å². The summed E-state index contributed by atoms with van der Waals surface area (Å²) >= 11 is 0. The lowest BCUT2D eigenvalue weighted by molar-refractivity contribution is -0.165. The van der Waals surface area contributed by atoms with E-state index in [9.17, 15) is 14.4 Å². The van der Waals surface area contributed by atoms with E-state index in [0.29, 0.717) is 11.3 Å². The zero-order valence-electron chi connectivity index (χ0n) is 14.5. The number of carbonyl (C=O) groups excluding carboxylic acids is 3. The molecule has 0 spiro atoms. The van der Waals surface area contributed by atoms with Gasteiger partial charge in [0.25, 0.3) is 0 Å². The van der Waals surface area contributed by atoms with Gasteiger partial charge in [-0.2, -0.15) is 0 Å². The quantitative estimate of drug-likeness (QED) is 0.623. The maximum Gasteiger partial charge on any atom is 0.328 e. The van der Waals surface area contributed by atoms with Crippen LogP contribution in [-0.2, 0) is 29.3 Å². The molecule has 0 atom stereocenters. The van der Waals surface area contributed by atoms with Crippen LogP contribution >= 0.6 is 0 Å². The zero-order valence-corrected chi connectivity index (χ0v) is 14.5. The Labute approximate surface area is 141 Å². The van der Waals surface area contributed by atoms with Gasteiger partial charge in [0.15, 0.2) is 5.41 Å². The summed E-state index contributed by atoms with van der Waals surface area (Å²) in [5.41, 5.74) is 0.387. The van der Waals surface area contributed by atoms with Crippen molar-refractivity contribution >= 4 is 23.5 Å². The molecule has 0 unspecified atom stereocenters. The first-order valence-corrected chi connectivity index (χ1v) is 8.12. The first-order chi connectivity index (χ1) is 11.4. The highest BCUT2D eigenvalue weighted by Gasteiger charge is 2.54. The summed E-state index contributed by atoms with van der Waals surface area (Å²) in [6.07, 6.45) is 0.140. The second-order valence-corrected chi connectivity index (χ2v) is 5.79. The number of hydrogen-bond acceptors (Lipinski definition) is 5. The van der Waals surface area contributed by atoms with Crippen molar-refractivity contribution < 1.29 is 23.9 Å². The molecule has 2 rings (SSSR count). The molecule has 1 amide bonds. The highest BCUT2D eigenvalue weighted by molar-refractivity contribution is 6.10. The number of ether oxygens (including phenoxy) is 2. The number of rotatable bonds is 4. The number of esters is 2. The number of benzene rings is 1. The van der Waals surface area contributed by atoms with Gasteiger partial charge in [-0.1, -0.05) is 17.7 Å². The zero-order chi connectivity index (χ0) is 17.9. The number of amides is 1. The van der Waals surface area contributed by atoms with Crippen molar-refractivity contribution in [3.8, 4) is 0 Å². The van der Waals surface area contributed by atoms with Crippen molar-refractivity contribution in [2.45, 2.75) is 39.5 Å². The van der Waals surface area contributed by atoms with Crippen molar-refractivity contribution in [1.29, 1.82) is 0 Å². The van der Waals surface area contributed by atoms with Gasteiger partial charge in [-0.05, 0) is 33.3 Å². The molecule has 1 aliphatic rings. The Kier molecular flexibility index (Phi) is 5.26. The second kappa shape index (κ2) is 7.03. The lowest BCUT2D eigenvalue weighted by Gasteiger charge is -2.39. The van der Waals surface area contributed by atoms with E-state index in [0.717, 1.165) is 5.56 Å². The standard InChI is InChI=1S/C18H23NO5/c1-5-23-16(21)18(17(22)24-6-2)9-10-19(13(4)20)15-8-7-12(3)11-14(15)18/h7-8,11H,5-6,9-10H2,1-4H3. The third kappa shape index (κ3) is 2.88. The summed E-state index contributed by atoms with van der Waals surface area (Å²) < 4.78 is 10.4. The second-order valence-electron chi connectivity index (χ2n) is 5.79. The molecule has 0 N–H and O–H groups in total. The summed E-state index contributed by atoms with van der Waals surface area (Å²) in [6.45, 7) is 7.30. The Bertz CT molecular complexity index is 649. The Morgan fingerprint density at radius 1 is 1.12 bits per heavy atom. The van der Waals surface area contributed by atoms with Crippen LogP contribution in [0.4, 0.5) is 5.69 Å². The van der Waals surface area contributed by atoms with Gasteiger partial charge < -0.3 is 14.4 Å². The van der Waals surface area contributed by atoms with Gasteiger partial charge >= 0.3 is 11.9 Å². The number of fused-ring (bicyclic) bond motifs is 1. The lowest BCUT2D eigenvalue weighted by Crippen LogP contribution is -2.53. The minimum atomic E-state index is -1.53. The highest BCUT2D eigenvalue weighted by Crippen LogP contribution is 2.42. The minimum Gasteiger partial charge on any atom is -0.465 e. The molecule has 1 aromatic rings. The van der Waals surface area contributed by atoms with Crippen molar-refractivity contribution in [2.24, 2.45) is 0 Å². The molecular formula is C18H23NO5. The fraction of sp³-hybridized carbons (Fsp3) is 0.500. The largest absolute Gasteiger partial charge is 0.465 e. The van der Waals surface area contributed by atoms with Crippen molar-refractivity contribution in [3.63, 3.8) is 0 Å². The summed E-state index contributed by atoms with van der Waals surface area (Å²) in [6, 6.07) is 5.37. The fourth-order valence-corrected chi connectivity index (χ4v) is 3.10. The molecule has 0 aromatic heterocycles. The molecule has 1 aromatic carbocycles. The van der Waals surface area contributed by atoms with Crippen LogP contribution in [0.3, 0.4) is 0 Å². The van der Waals surface area contributed by atoms with Gasteiger partial charge in [0, 0.05) is 24.7 Å². The van der Waals surface area contributed by atoms with Crippen molar-refractivity contribution in [2.75, 3.05) is 24.7 Å². The van der Waals surface area contributed by atoms with E-state index in [1.54, 1.807) is 30.9 Å². The third-order valence-corrected chi connectivity index (χ3v) is 4.24. The van der Waals surface area contributed by atoms with Crippen LogP contribution in [0.25, 0.3) is 0 Å². The maximum absolute atomic E-state index is 12.8. The molecule has 130 valence electrons. The van der Waals surface area contributed by atoms with Crippen LogP contribution in [0.2, 0.25) is 0 Å². The molecule has 6 heteroatoms. The molecule has 0 radical (unpaired) electrons. The summed E-state index contributed by atoms with van der Waals surface area (Å²) in [4.78, 5) is 39.0. The molecule has 24 heavy (non-hydrogen) atoms. The van der Waals surface area contributed by atoms with Gasteiger partial charge in [-0.25, -0.2) is 0 Å². The average Bonchev–Trinajstić information content (AvgIpc) is 2.53. The van der Waals surface area contributed by atoms with Crippen LogP contribution in [0, 0.1) is 6.92 Å². The molecule has 0 saturated heterocycles. The number of aryl methyl sites for hydroxylation is 1. The highest BCUT2D eigenvalue weighted by atomic mass is 16.6. The molecule has 6 nitrogen and oxygen atoms in total. The Morgan fingerprint density at radius 2 is 1.71 bits per heavy atom. The first-order valence-electron chi connectivity index (χ1n) is 8.12. The molecule has 0 aliphatic carbocycles. The van der Waals surface area contributed by atoms with E-state index in [1.807, 2.05) is 13.0 Å². The van der Waals surface area contributed by atoms with Gasteiger partial charge in [0.05, 0.1) is 13.2 Å². The number of anilines is 1. The van der Waals surface area contributed by atoms with Crippen molar-refractivity contribution in [3.05, 3.63) is 29.3 Å². The SMILES string of the molecule is CCOC(=O)C1(C(=O)OCC)CCN(C(C)=O)c2ccc(C)cc21. The van der Waals surface area contributed by atoms with E-state index in [-0.39, 0.29) is 32.1 Å². The molecule has 0 saturated carbocycles. The summed E-state index contributed by atoms with van der Waals surface area (Å²) in [5, 5.41) is 0. The molecule has 0 bridgehead atoms. The van der Waals surface area contributed by atoms with Crippen LogP contribution in [-0.4, -0.2) is 37.6 Å². The Balaban J connectivity index is 2.69. The monoisotopic (exact) mass is 333 g/mol. The van der Waals surface area contributed by atoms with Gasteiger partial charge in [-0.3, -0.25) is 14.4 Å². The molecular weight excluding hydrogens is 310 g/mol. The van der Waals surface area contributed by atoms with Gasteiger partial charge in [0.1, 0.15) is 0 Å². The summed E-state index contributed by atoms with van der Waals surface area (Å²) in [5.74, 6) is -1.39. The predicted octanol–water partition coefficient (Wildman–Crippen LogP) is 2.12. The molecule has 1 heterocycles. The lowest BCUT2D eigenvalue weighted by atomic mass is 9.73. The van der Waals surface area contributed by atoms with E-state index in [4.69, 9.17) is 9.47 Å². The topological polar surface area (TPSA) is 72.9 Å². The summed E-state index contributed by atoms with van der Waals surface area (Å²) in [7, 11) is 0. The molecule has 0 fully saturated rings. The smallest absolute Gasteiger partial charge is 0.328 e. The number of carbonyl (C=O) groups is 3. The van der Waals surface area contributed by atoms with Crippen LogP contribution < -0.4 is 4.90 Å². The first kappa shape index (κ1) is 18.0. The fourth-order valence-electron chi connectivity index (χ4n) is 3.10. The average molecular weight is 333 g/mol. The predicted molar refractivity (Wildman–Crippen MR) is 88.8 cm³/mol. The van der Waals surface area contributed by atoms with Gasteiger partial charge in [-0.15, -0.1) is 0 Å². The van der Waals surface area contributed by atoms with Crippen molar-refractivity contribution in [1.82, 2.24) is 0 Å². The normalized spacial score (nSPS) is 15.4. The number of hydrogen-bond donors (Lipinski definition) is 0. The Morgan fingerprint density at radius 3 is 2.21 bits per heavy atom. The minimum absolute atomic E-state index is 0.138. The Hall–Kier alpha value is -2.37. The molecule has 1 aliphatic heterocycles. The van der Waals surface area contributed by atoms with E-state index < -0.39 is 17.4 Å². The van der Waals surface area contributed by atoms with Gasteiger partial charge in [0.2, 0.25) is 5.91 Å². The van der Waals surface area contributed by atoms with E-state index >= 15 is 0 Å². The van der Waals surface area contributed by atoms with Crippen LogP contribution in [0.5, 0.6) is 0 Å². The third-order valence-electron chi connectivity index (χ3n) is 4.24. The maximum atomic E-state index is 12.8. The van der Waals surface area contributed by atoms with E-state index in [1.165, 1.54) is 6.92 Å².